The van der Waals surface area contributed by atoms with Gasteiger partial charge in [0.2, 0.25) is 0 Å². The molecule has 6 heteroatoms. The van der Waals surface area contributed by atoms with Gasteiger partial charge in [0.15, 0.2) is 6.79 Å². The summed E-state index contributed by atoms with van der Waals surface area (Å²) >= 11 is 0. The van der Waals surface area contributed by atoms with Crippen LogP contribution in [0.1, 0.15) is 5.56 Å². The number of aromatic nitrogens is 1. The third kappa shape index (κ3) is 3.90. The summed E-state index contributed by atoms with van der Waals surface area (Å²) in [6.07, 6.45) is 1.70. The summed E-state index contributed by atoms with van der Waals surface area (Å²) in [6, 6.07) is 7.56. The van der Waals surface area contributed by atoms with Gasteiger partial charge < -0.3 is 14.6 Å². The Balaban J connectivity index is 2.31. The fourth-order valence-corrected chi connectivity index (χ4v) is 2.16. The van der Waals surface area contributed by atoms with Gasteiger partial charge in [0.25, 0.3) is 0 Å². The Labute approximate surface area is 122 Å². The standard InChI is InChI=1S/C15H18N2O4/c1-17(9-14(18)19)8-11-5-6-13(21-10-20-2)15-12(11)4-3-7-16-15/h3-7H,8-10H2,1-2H3,(H,18,19). The van der Waals surface area contributed by atoms with E-state index >= 15 is 0 Å². The molecular formula is C15H18N2O4. The molecule has 0 radical (unpaired) electrons. The molecule has 0 saturated carbocycles. The number of pyridine rings is 1. The molecule has 0 aliphatic rings. The summed E-state index contributed by atoms with van der Waals surface area (Å²) in [7, 11) is 3.33. The van der Waals surface area contributed by atoms with E-state index < -0.39 is 5.97 Å². The minimum Gasteiger partial charge on any atom is -0.480 e. The van der Waals surface area contributed by atoms with E-state index in [1.165, 1.54) is 0 Å². The van der Waals surface area contributed by atoms with Crippen LogP contribution in [0.4, 0.5) is 0 Å². The van der Waals surface area contributed by atoms with Crippen molar-refractivity contribution in [1.82, 2.24) is 9.88 Å². The molecule has 0 spiro atoms. The number of carbonyl (C=O) groups is 1. The monoisotopic (exact) mass is 290 g/mol. The van der Waals surface area contributed by atoms with Crippen molar-refractivity contribution < 1.29 is 19.4 Å². The average molecular weight is 290 g/mol. The maximum Gasteiger partial charge on any atom is 0.317 e. The molecule has 0 bridgehead atoms. The largest absolute Gasteiger partial charge is 0.480 e. The van der Waals surface area contributed by atoms with Crippen molar-refractivity contribution in [1.29, 1.82) is 0 Å². The van der Waals surface area contributed by atoms with E-state index in [0.29, 0.717) is 12.3 Å². The predicted molar refractivity (Wildman–Crippen MR) is 78.2 cm³/mol. The van der Waals surface area contributed by atoms with Gasteiger partial charge in [-0.1, -0.05) is 12.1 Å². The first-order chi connectivity index (χ1) is 10.1. The van der Waals surface area contributed by atoms with Gasteiger partial charge in [-0.3, -0.25) is 14.7 Å². The van der Waals surface area contributed by atoms with Crippen LogP contribution in [0.5, 0.6) is 5.75 Å². The number of ether oxygens (including phenoxy) is 2. The minimum absolute atomic E-state index is 0.0102. The summed E-state index contributed by atoms with van der Waals surface area (Å²) in [4.78, 5) is 16.8. The molecular weight excluding hydrogens is 272 g/mol. The maximum atomic E-state index is 10.7. The molecule has 1 aromatic carbocycles. The number of carboxylic acid groups (broad SMARTS) is 1. The lowest BCUT2D eigenvalue weighted by Crippen LogP contribution is -2.25. The molecule has 0 aliphatic heterocycles. The van der Waals surface area contributed by atoms with Crippen LogP contribution in [-0.4, -0.2) is 48.5 Å². The second-order valence-electron chi connectivity index (χ2n) is 4.74. The molecule has 1 N–H and O–H groups in total. The highest BCUT2D eigenvalue weighted by Crippen LogP contribution is 2.27. The number of likely N-dealkylation sites (N-methyl/N-ethyl adjacent to an activating group) is 1. The van der Waals surface area contributed by atoms with Crippen molar-refractivity contribution in [2.24, 2.45) is 0 Å². The predicted octanol–water partition coefficient (Wildman–Crippen LogP) is 1.73. The smallest absolute Gasteiger partial charge is 0.317 e. The van der Waals surface area contributed by atoms with Crippen LogP contribution in [0.15, 0.2) is 30.5 Å². The van der Waals surface area contributed by atoms with Gasteiger partial charge >= 0.3 is 5.97 Å². The first kappa shape index (κ1) is 15.2. The number of nitrogens with zero attached hydrogens (tertiary/aromatic N) is 2. The SMILES string of the molecule is COCOc1ccc(CN(C)CC(=O)O)c2cccnc12. The number of rotatable bonds is 7. The van der Waals surface area contributed by atoms with Crippen LogP contribution in [0.2, 0.25) is 0 Å². The number of carboxylic acids is 1. The van der Waals surface area contributed by atoms with Crippen molar-refractivity contribution in [2.45, 2.75) is 6.54 Å². The molecule has 6 nitrogen and oxygen atoms in total. The van der Waals surface area contributed by atoms with E-state index in [9.17, 15) is 4.79 Å². The maximum absolute atomic E-state index is 10.7. The Kier molecular flexibility index (Phi) is 5.08. The van der Waals surface area contributed by atoms with E-state index in [-0.39, 0.29) is 13.3 Å². The molecule has 0 fully saturated rings. The zero-order chi connectivity index (χ0) is 15.2. The lowest BCUT2D eigenvalue weighted by Gasteiger charge is -2.16. The molecule has 1 aromatic heterocycles. The first-order valence-electron chi connectivity index (χ1n) is 6.50. The normalized spacial score (nSPS) is 11.0. The highest BCUT2D eigenvalue weighted by atomic mass is 16.7. The Hall–Kier alpha value is -2.18. The average Bonchev–Trinajstić information content (AvgIpc) is 2.45. The van der Waals surface area contributed by atoms with Gasteiger partial charge in [0.1, 0.15) is 11.3 Å². The lowest BCUT2D eigenvalue weighted by molar-refractivity contribution is -0.138. The molecule has 2 aromatic rings. The second kappa shape index (κ2) is 7.01. The fourth-order valence-electron chi connectivity index (χ4n) is 2.16. The highest BCUT2D eigenvalue weighted by Gasteiger charge is 2.11. The van der Waals surface area contributed by atoms with Gasteiger partial charge in [0, 0.05) is 25.2 Å². The highest BCUT2D eigenvalue weighted by molar-refractivity contribution is 5.87. The van der Waals surface area contributed by atoms with Gasteiger partial charge in [-0.25, -0.2) is 0 Å². The first-order valence-corrected chi connectivity index (χ1v) is 6.50. The summed E-state index contributed by atoms with van der Waals surface area (Å²) in [6.45, 7) is 0.673. The van der Waals surface area contributed by atoms with E-state index in [4.69, 9.17) is 14.6 Å². The third-order valence-electron chi connectivity index (χ3n) is 3.00. The van der Waals surface area contributed by atoms with Crippen LogP contribution < -0.4 is 4.74 Å². The summed E-state index contributed by atoms with van der Waals surface area (Å²) in [5.74, 6) is -0.197. The van der Waals surface area contributed by atoms with Crippen LogP contribution in [0.3, 0.4) is 0 Å². The Morgan fingerprint density at radius 2 is 2.19 bits per heavy atom. The molecule has 2 rings (SSSR count). The van der Waals surface area contributed by atoms with Crippen LogP contribution in [0, 0.1) is 0 Å². The van der Waals surface area contributed by atoms with Gasteiger partial charge in [-0.15, -0.1) is 0 Å². The number of hydrogen-bond acceptors (Lipinski definition) is 5. The van der Waals surface area contributed by atoms with Gasteiger partial charge in [0.05, 0.1) is 6.54 Å². The number of hydrogen-bond donors (Lipinski definition) is 1. The van der Waals surface area contributed by atoms with Crippen molar-refractivity contribution in [3.63, 3.8) is 0 Å². The number of benzene rings is 1. The fraction of sp³-hybridized carbons (Fsp3) is 0.333. The van der Waals surface area contributed by atoms with Gasteiger partial charge in [-0.05, 0) is 24.7 Å². The Morgan fingerprint density at radius 1 is 1.38 bits per heavy atom. The summed E-state index contributed by atoms with van der Waals surface area (Å²) in [5.41, 5.74) is 1.75. The molecule has 0 aliphatic carbocycles. The van der Waals surface area contributed by atoms with Crippen molar-refractivity contribution >= 4 is 16.9 Å². The topological polar surface area (TPSA) is 71.9 Å². The third-order valence-corrected chi connectivity index (χ3v) is 3.00. The summed E-state index contributed by atoms with van der Waals surface area (Å²) in [5, 5.41) is 9.78. The molecule has 0 atom stereocenters. The lowest BCUT2D eigenvalue weighted by atomic mass is 10.1. The zero-order valence-electron chi connectivity index (χ0n) is 12.1. The quantitative estimate of drug-likeness (QED) is 0.783. The minimum atomic E-state index is -0.847. The van der Waals surface area contributed by atoms with E-state index in [1.807, 2.05) is 24.3 Å². The molecule has 0 saturated heterocycles. The van der Waals surface area contributed by atoms with Crippen LogP contribution in [-0.2, 0) is 16.1 Å². The summed E-state index contributed by atoms with van der Waals surface area (Å²) < 4.78 is 10.4. The van der Waals surface area contributed by atoms with E-state index in [2.05, 4.69) is 4.98 Å². The van der Waals surface area contributed by atoms with Crippen molar-refractivity contribution in [3.8, 4) is 5.75 Å². The van der Waals surface area contributed by atoms with Crippen molar-refractivity contribution in [2.75, 3.05) is 27.5 Å². The molecule has 0 amide bonds. The Morgan fingerprint density at radius 3 is 2.90 bits per heavy atom. The van der Waals surface area contributed by atoms with Crippen LogP contribution >= 0.6 is 0 Å². The molecule has 21 heavy (non-hydrogen) atoms. The van der Waals surface area contributed by atoms with Crippen LogP contribution in [0.25, 0.3) is 10.9 Å². The zero-order valence-corrected chi connectivity index (χ0v) is 12.1. The number of fused-ring (bicyclic) bond motifs is 1. The molecule has 1 heterocycles. The van der Waals surface area contributed by atoms with Crippen molar-refractivity contribution in [3.05, 3.63) is 36.0 Å². The molecule has 112 valence electrons. The second-order valence-corrected chi connectivity index (χ2v) is 4.74. The number of aliphatic carboxylic acids is 1. The van der Waals surface area contributed by atoms with E-state index in [1.54, 1.807) is 25.3 Å². The van der Waals surface area contributed by atoms with E-state index in [0.717, 1.165) is 16.5 Å². The Bertz CT molecular complexity index is 630. The molecule has 0 unspecified atom stereocenters. The van der Waals surface area contributed by atoms with Gasteiger partial charge in [-0.2, -0.15) is 0 Å². The number of methoxy groups -OCH3 is 1.